The fourth-order valence-electron chi connectivity index (χ4n) is 4.17. The van der Waals surface area contributed by atoms with Crippen LogP contribution in [0.25, 0.3) is 5.57 Å². The van der Waals surface area contributed by atoms with E-state index in [2.05, 4.69) is 80.0 Å². The second-order valence-electron chi connectivity index (χ2n) is 9.08. The van der Waals surface area contributed by atoms with Gasteiger partial charge in [-0.25, -0.2) is 0 Å². The minimum atomic E-state index is 0.0713. The van der Waals surface area contributed by atoms with Gasteiger partial charge in [0.2, 0.25) is 0 Å². The van der Waals surface area contributed by atoms with Crippen LogP contribution in [0.2, 0.25) is 0 Å². The van der Waals surface area contributed by atoms with Crippen molar-refractivity contribution in [3.63, 3.8) is 0 Å². The molecule has 1 N–H and O–H groups in total. The quantitative estimate of drug-likeness (QED) is 0.556. The van der Waals surface area contributed by atoms with Gasteiger partial charge in [-0.2, -0.15) is 0 Å². The maximum absolute atomic E-state index is 9.77. The highest BCUT2D eigenvalue weighted by Gasteiger charge is 2.36. The van der Waals surface area contributed by atoms with Crippen LogP contribution < -0.4 is 0 Å². The van der Waals surface area contributed by atoms with Crippen LogP contribution in [-0.4, -0.2) is 11.7 Å². The lowest BCUT2D eigenvalue weighted by molar-refractivity contribution is 0.331. The van der Waals surface area contributed by atoms with Gasteiger partial charge in [-0.05, 0) is 76.5 Å². The summed E-state index contributed by atoms with van der Waals surface area (Å²) in [6, 6.07) is 15.2. The number of hydrogen-bond donors (Lipinski definition) is 1. The van der Waals surface area contributed by atoms with Crippen molar-refractivity contribution >= 4 is 21.5 Å². The molecule has 0 saturated heterocycles. The Hall–Kier alpha value is -1.38. The largest absolute Gasteiger partial charge is 0.392 e. The number of halogens is 1. The molecule has 0 bridgehead atoms. The average molecular weight is 427 g/mol. The van der Waals surface area contributed by atoms with E-state index in [1.165, 1.54) is 29.5 Å². The fraction of sp³-hybridized carbons (Fsp3) is 0.440. The third kappa shape index (κ3) is 4.55. The van der Waals surface area contributed by atoms with Gasteiger partial charge in [-0.15, -0.1) is 0 Å². The third-order valence-corrected chi connectivity index (χ3v) is 6.60. The lowest BCUT2D eigenvalue weighted by Crippen LogP contribution is -2.33. The van der Waals surface area contributed by atoms with Crippen LogP contribution in [0, 0.1) is 0 Å². The topological polar surface area (TPSA) is 20.2 Å². The van der Waals surface area contributed by atoms with Gasteiger partial charge < -0.3 is 5.11 Å². The number of aliphatic hydroxyl groups is 1. The summed E-state index contributed by atoms with van der Waals surface area (Å²) >= 11 is 3.51. The summed E-state index contributed by atoms with van der Waals surface area (Å²) < 4.78 is 1.04. The summed E-state index contributed by atoms with van der Waals surface area (Å²) in [6.45, 7) is 9.57. The van der Waals surface area contributed by atoms with Crippen LogP contribution in [0.15, 0.2) is 53.0 Å². The number of aryl methyl sites for hydroxylation is 1. The Bertz CT molecular complexity index is 845. The first-order valence-corrected chi connectivity index (χ1v) is 10.7. The lowest BCUT2D eigenvalue weighted by Gasteiger charge is -2.42. The van der Waals surface area contributed by atoms with Gasteiger partial charge in [0, 0.05) is 4.47 Å². The van der Waals surface area contributed by atoms with E-state index >= 15 is 0 Å². The Kier molecular flexibility index (Phi) is 5.98. The number of hydrogen-bond acceptors (Lipinski definition) is 1. The standard InChI is InChI=1S/C25H31BrO/c1-24(2)13-14-25(3,4)23-15-18(11-12-22(23)24)7-5-9-20(17-27)19-8-6-10-21(26)16-19/h6,8-12,15-16,27H,5,7,13-14,17H2,1-4H3/b20-9+. The minimum absolute atomic E-state index is 0.0713. The predicted molar refractivity (Wildman–Crippen MR) is 119 cm³/mol. The molecule has 0 unspecified atom stereocenters. The molecule has 0 atom stereocenters. The number of fused-ring (bicyclic) bond motifs is 1. The molecule has 1 aliphatic rings. The van der Waals surface area contributed by atoms with Crippen LogP contribution in [0.5, 0.6) is 0 Å². The van der Waals surface area contributed by atoms with Crippen LogP contribution in [-0.2, 0) is 17.3 Å². The van der Waals surface area contributed by atoms with Gasteiger partial charge in [0.25, 0.3) is 0 Å². The zero-order valence-electron chi connectivity index (χ0n) is 17.0. The van der Waals surface area contributed by atoms with Gasteiger partial charge in [0.15, 0.2) is 0 Å². The molecule has 27 heavy (non-hydrogen) atoms. The monoisotopic (exact) mass is 426 g/mol. The minimum Gasteiger partial charge on any atom is -0.392 e. The normalized spacial score (nSPS) is 18.2. The molecule has 0 heterocycles. The SMILES string of the molecule is CC1(C)CCC(C)(C)c2cc(CC/C=C(\CO)c3cccc(Br)c3)ccc21. The molecular formula is C25H31BrO. The van der Waals surface area contributed by atoms with E-state index in [0.29, 0.717) is 0 Å². The van der Waals surface area contributed by atoms with Crippen LogP contribution in [0.1, 0.15) is 69.2 Å². The predicted octanol–water partition coefficient (Wildman–Crippen LogP) is 6.81. The smallest absolute Gasteiger partial charge is 0.0684 e. The van der Waals surface area contributed by atoms with E-state index in [9.17, 15) is 5.11 Å². The number of aliphatic hydroxyl groups excluding tert-OH is 1. The molecule has 1 aliphatic carbocycles. The van der Waals surface area contributed by atoms with Crippen LogP contribution in [0.3, 0.4) is 0 Å². The fourth-order valence-corrected chi connectivity index (χ4v) is 4.57. The van der Waals surface area contributed by atoms with Crippen molar-refractivity contribution in [2.75, 3.05) is 6.61 Å². The van der Waals surface area contributed by atoms with Crippen LogP contribution >= 0.6 is 15.9 Å². The maximum Gasteiger partial charge on any atom is 0.0684 e. The van der Waals surface area contributed by atoms with E-state index in [1.54, 1.807) is 0 Å². The molecule has 2 aromatic rings. The summed E-state index contributed by atoms with van der Waals surface area (Å²) in [7, 11) is 0. The van der Waals surface area contributed by atoms with Crippen molar-refractivity contribution in [1.29, 1.82) is 0 Å². The maximum atomic E-state index is 9.77. The van der Waals surface area contributed by atoms with Crippen molar-refractivity contribution in [3.8, 4) is 0 Å². The second kappa shape index (κ2) is 7.93. The van der Waals surface area contributed by atoms with E-state index in [0.717, 1.165) is 28.5 Å². The highest BCUT2D eigenvalue weighted by atomic mass is 79.9. The Morgan fingerprint density at radius 2 is 1.70 bits per heavy atom. The number of benzene rings is 2. The van der Waals surface area contributed by atoms with Gasteiger partial charge >= 0.3 is 0 Å². The summed E-state index contributed by atoms with van der Waals surface area (Å²) in [6.07, 6.45) is 6.61. The van der Waals surface area contributed by atoms with E-state index in [1.807, 2.05) is 12.1 Å². The van der Waals surface area contributed by atoms with Gasteiger partial charge in [-0.3, -0.25) is 0 Å². The Labute approximate surface area is 172 Å². The van der Waals surface area contributed by atoms with Gasteiger partial charge in [0.1, 0.15) is 0 Å². The zero-order chi connectivity index (χ0) is 19.7. The first-order valence-electron chi connectivity index (χ1n) is 9.93. The molecular weight excluding hydrogens is 396 g/mol. The average Bonchev–Trinajstić information content (AvgIpc) is 2.63. The first kappa shape index (κ1) is 20.4. The molecule has 0 amide bonds. The van der Waals surface area contributed by atoms with Gasteiger partial charge in [-0.1, -0.05) is 80.0 Å². The van der Waals surface area contributed by atoms with Crippen molar-refractivity contribution in [2.24, 2.45) is 0 Å². The lowest BCUT2D eigenvalue weighted by atomic mass is 9.63. The Balaban J connectivity index is 1.79. The second-order valence-corrected chi connectivity index (χ2v) is 10.00. The summed E-state index contributed by atoms with van der Waals surface area (Å²) in [5, 5.41) is 9.77. The summed E-state index contributed by atoms with van der Waals surface area (Å²) in [4.78, 5) is 0. The molecule has 144 valence electrons. The molecule has 2 heteroatoms. The van der Waals surface area contributed by atoms with E-state index < -0.39 is 0 Å². The first-order chi connectivity index (χ1) is 12.7. The van der Waals surface area contributed by atoms with Crippen molar-refractivity contribution in [3.05, 3.63) is 75.3 Å². The number of rotatable bonds is 5. The molecule has 1 nitrogen and oxygen atoms in total. The molecule has 3 rings (SSSR count). The molecule has 0 radical (unpaired) electrons. The summed E-state index contributed by atoms with van der Waals surface area (Å²) in [5.74, 6) is 0. The van der Waals surface area contributed by atoms with E-state index in [-0.39, 0.29) is 17.4 Å². The molecule has 2 aromatic carbocycles. The van der Waals surface area contributed by atoms with Crippen molar-refractivity contribution in [2.45, 2.75) is 64.2 Å². The van der Waals surface area contributed by atoms with Crippen molar-refractivity contribution < 1.29 is 5.11 Å². The third-order valence-electron chi connectivity index (χ3n) is 6.11. The zero-order valence-corrected chi connectivity index (χ0v) is 18.6. The highest BCUT2D eigenvalue weighted by Crippen LogP contribution is 2.45. The molecule has 0 saturated carbocycles. The van der Waals surface area contributed by atoms with E-state index in [4.69, 9.17) is 0 Å². The number of allylic oxidation sites excluding steroid dienone is 1. The molecule has 0 aliphatic heterocycles. The highest BCUT2D eigenvalue weighted by molar-refractivity contribution is 9.10. The Morgan fingerprint density at radius 1 is 1.00 bits per heavy atom. The van der Waals surface area contributed by atoms with Crippen LogP contribution in [0.4, 0.5) is 0 Å². The molecule has 0 fully saturated rings. The summed E-state index contributed by atoms with van der Waals surface area (Å²) in [5.41, 5.74) is 7.04. The van der Waals surface area contributed by atoms with Gasteiger partial charge in [0.05, 0.1) is 6.61 Å². The van der Waals surface area contributed by atoms with Crippen molar-refractivity contribution in [1.82, 2.24) is 0 Å². The molecule has 0 spiro atoms. The Morgan fingerprint density at radius 3 is 2.37 bits per heavy atom. The molecule has 0 aromatic heterocycles.